The van der Waals surface area contributed by atoms with Crippen molar-refractivity contribution in [3.63, 3.8) is 0 Å². The third kappa shape index (κ3) is 3.67. The van der Waals surface area contributed by atoms with Crippen LogP contribution in [0.2, 0.25) is 0 Å². The van der Waals surface area contributed by atoms with Crippen LogP contribution in [-0.4, -0.2) is 11.1 Å². The van der Waals surface area contributed by atoms with Gasteiger partial charge < -0.3 is 5.11 Å². The van der Waals surface area contributed by atoms with Gasteiger partial charge in [0.25, 0.3) is 5.92 Å². The molecule has 0 fully saturated rings. The molecule has 0 amide bonds. The molecule has 0 atom stereocenters. The second-order valence-corrected chi connectivity index (χ2v) is 4.57. The summed E-state index contributed by atoms with van der Waals surface area (Å²) in [5.74, 6) is 0.328. The Hall–Kier alpha value is -2.67. The minimum absolute atomic E-state index is 0.0469. The second kappa shape index (κ2) is 5.76. The van der Waals surface area contributed by atoms with Gasteiger partial charge in [-0.05, 0) is 23.3 Å². The maximum atomic E-state index is 13.6. The van der Waals surface area contributed by atoms with Crippen molar-refractivity contribution in [1.82, 2.24) is 0 Å². The van der Waals surface area contributed by atoms with Gasteiger partial charge in [0, 0.05) is 24.0 Å². The van der Waals surface area contributed by atoms with Gasteiger partial charge in [0.2, 0.25) is 0 Å². The van der Waals surface area contributed by atoms with Gasteiger partial charge in [0.15, 0.2) is 0 Å². The Morgan fingerprint density at radius 1 is 1.10 bits per heavy atom. The van der Waals surface area contributed by atoms with E-state index >= 15 is 0 Å². The molecule has 0 aliphatic carbocycles. The van der Waals surface area contributed by atoms with Gasteiger partial charge in [-0.1, -0.05) is 42.3 Å². The molecule has 0 heterocycles. The van der Waals surface area contributed by atoms with E-state index in [1.165, 1.54) is 6.07 Å². The van der Waals surface area contributed by atoms with Crippen molar-refractivity contribution in [3.8, 4) is 23.0 Å². The quantitative estimate of drug-likeness (QED) is 0.850. The van der Waals surface area contributed by atoms with Crippen LogP contribution < -0.4 is 0 Å². The van der Waals surface area contributed by atoms with E-state index in [4.69, 9.17) is 5.11 Å². The molecule has 2 nitrogen and oxygen atoms in total. The Morgan fingerprint density at radius 3 is 2.29 bits per heavy atom. The molecule has 2 aromatic carbocycles. The SMILES string of the molecule is CC(F)(F)c1ccccc1-c1ccc(C#CC(=O)O)cc1. The first-order valence-corrected chi connectivity index (χ1v) is 6.20. The molecular formula is C17H12F2O2. The standard InChI is InChI=1S/C17H12F2O2/c1-17(18,19)15-5-3-2-4-14(15)13-9-6-12(7-10-13)8-11-16(20)21/h2-7,9-10H,1H3,(H,20,21). The third-order valence-electron chi connectivity index (χ3n) is 2.91. The molecule has 0 saturated heterocycles. The molecule has 2 aromatic rings. The van der Waals surface area contributed by atoms with Crippen molar-refractivity contribution in [1.29, 1.82) is 0 Å². The predicted octanol–water partition coefficient (Wildman–Crippen LogP) is 3.90. The Bertz CT molecular complexity index is 717. The van der Waals surface area contributed by atoms with E-state index in [0.717, 1.165) is 6.92 Å². The molecule has 0 unspecified atom stereocenters. The molecule has 0 bridgehead atoms. The first-order valence-electron chi connectivity index (χ1n) is 6.20. The largest absolute Gasteiger partial charge is 0.472 e. The number of carboxylic acid groups (broad SMARTS) is 1. The molecule has 0 aliphatic rings. The van der Waals surface area contributed by atoms with Gasteiger partial charge in [-0.15, -0.1) is 0 Å². The van der Waals surface area contributed by atoms with Crippen molar-refractivity contribution in [2.24, 2.45) is 0 Å². The Balaban J connectivity index is 2.41. The Morgan fingerprint density at radius 2 is 1.71 bits per heavy atom. The van der Waals surface area contributed by atoms with Gasteiger partial charge in [0.05, 0.1) is 0 Å². The number of aliphatic carboxylic acids is 1. The van der Waals surface area contributed by atoms with Crippen molar-refractivity contribution in [2.45, 2.75) is 12.8 Å². The minimum atomic E-state index is -2.93. The number of alkyl halides is 2. The number of carboxylic acids is 1. The van der Waals surface area contributed by atoms with Crippen LogP contribution in [0.4, 0.5) is 8.78 Å². The lowest BCUT2D eigenvalue weighted by Gasteiger charge is -2.15. The first-order chi connectivity index (χ1) is 9.88. The van der Waals surface area contributed by atoms with Crippen LogP contribution in [0.25, 0.3) is 11.1 Å². The van der Waals surface area contributed by atoms with Crippen LogP contribution in [0, 0.1) is 11.8 Å². The predicted molar refractivity (Wildman–Crippen MR) is 76.0 cm³/mol. The molecule has 0 aromatic heterocycles. The molecule has 0 saturated carbocycles. The number of hydrogen-bond donors (Lipinski definition) is 1. The average Bonchev–Trinajstić information content (AvgIpc) is 2.45. The summed E-state index contributed by atoms with van der Waals surface area (Å²) in [6.07, 6.45) is 0. The van der Waals surface area contributed by atoms with Crippen molar-refractivity contribution >= 4 is 5.97 Å². The summed E-state index contributed by atoms with van der Waals surface area (Å²) in [5.41, 5.74) is 1.55. The summed E-state index contributed by atoms with van der Waals surface area (Å²) < 4.78 is 27.2. The highest BCUT2D eigenvalue weighted by molar-refractivity contribution is 5.87. The molecular weight excluding hydrogens is 274 g/mol. The molecule has 0 spiro atoms. The summed E-state index contributed by atoms with van der Waals surface area (Å²) in [6, 6.07) is 12.8. The van der Waals surface area contributed by atoms with Gasteiger partial charge in [-0.3, -0.25) is 0 Å². The maximum absolute atomic E-state index is 13.6. The normalized spacial score (nSPS) is 10.6. The molecule has 2 rings (SSSR count). The summed E-state index contributed by atoms with van der Waals surface area (Å²) in [6.45, 7) is 0.860. The van der Waals surface area contributed by atoms with E-state index < -0.39 is 11.9 Å². The molecule has 4 heteroatoms. The van der Waals surface area contributed by atoms with Crippen LogP contribution in [0.3, 0.4) is 0 Å². The fourth-order valence-corrected chi connectivity index (χ4v) is 1.98. The second-order valence-electron chi connectivity index (χ2n) is 4.57. The zero-order valence-corrected chi connectivity index (χ0v) is 11.2. The molecule has 21 heavy (non-hydrogen) atoms. The average molecular weight is 286 g/mol. The molecule has 0 radical (unpaired) electrons. The Labute approximate surface area is 121 Å². The van der Waals surface area contributed by atoms with Crippen LogP contribution in [0.15, 0.2) is 48.5 Å². The van der Waals surface area contributed by atoms with E-state index in [1.54, 1.807) is 42.5 Å². The van der Waals surface area contributed by atoms with E-state index in [2.05, 4.69) is 5.92 Å². The highest BCUT2D eigenvalue weighted by Gasteiger charge is 2.27. The number of benzene rings is 2. The lowest BCUT2D eigenvalue weighted by molar-refractivity contribution is -0.130. The molecule has 0 aliphatic heterocycles. The summed E-state index contributed by atoms with van der Waals surface area (Å²) in [7, 11) is 0. The lowest BCUT2D eigenvalue weighted by Crippen LogP contribution is -2.08. The fraction of sp³-hybridized carbons (Fsp3) is 0.118. The molecule has 106 valence electrons. The van der Waals surface area contributed by atoms with Crippen LogP contribution >= 0.6 is 0 Å². The fourth-order valence-electron chi connectivity index (χ4n) is 1.98. The lowest BCUT2D eigenvalue weighted by atomic mass is 9.95. The van der Waals surface area contributed by atoms with Gasteiger partial charge >= 0.3 is 5.97 Å². The minimum Gasteiger partial charge on any atom is -0.472 e. The van der Waals surface area contributed by atoms with Crippen LogP contribution in [-0.2, 0) is 10.7 Å². The van der Waals surface area contributed by atoms with Gasteiger partial charge in [-0.25, -0.2) is 13.6 Å². The van der Waals surface area contributed by atoms with Crippen molar-refractivity contribution < 1.29 is 18.7 Å². The molecule has 1 N–H and O–H groups in total. The number of halogens is 2. The van der Waals surface area contributed by atoms with Gasteiger partial charge in [0.1, 0.15) is 0 Å². The van der Waals surface area contributed by atoms with E-state index in [9.17, 15) is 13.6 Å². The topological polar surface area (TPSA) is 37.3 Å². The monoisotopic (exact) mass is 286 g/mol. The zero-order valence-electron chi connectivity index (χ0n) is 11.2. The van der Waals surface area contributed by atoms with Gasteiger partial charge in [-0.2, -0.15) is 0 Å². The first kappa shape index (κ1) is 14.7. The smallest absolute Gasteiger partial charge is 0.382 e. The number of carbonyl (C=O) groups is 1. The van der Waals surface area contributed by atoms with E-state index in [0.29, 0.717) is 16.7 Å². The highest BCUT2D eigenvalue weighted by atomic mass is 19.3. The number of hydrogen-bond acceptors (Lipinski definition) is 1. The number of rotatable bonds is 2. The van der Waals surface area contributed by atoms with Crippen LogP contribution in [0.1, 0.15) is 18.1 Å². The van der Waals surface area contributed by atoms with Crippen LogP contribution in [0.5, 0.6) is 0 Å². The maximum Gasteiger partial charge on any atom is 0.382 e. The van der Waals surface area contributed by atoms with E-state index in [-0.39, 0.29) is 5.56 Å². The Kier molecular flexibility index (Phi) is 4.04. The zero-order chi connectivity index (χ0) is 15.5. The summed E-state index contributed by atoms with van der Waals surface area (Å²) in [4.78, 5) is 10.4. The van der Waals surface area contributed by atoms with E-state index in [1.807, 2.05) is 5.92 Å². The summed E-state index contributed by atoms with van der Waals surface area (Å²) >= 11 is 0. The highest BCUT2D eigenvalue weighted by Crippen LogP contribution is 2.35. The van der Waals surface area contributed by atoms with Crippen molar-refractivity contribution in [2.75, 3.05) is 0 Å². The van der Waals surface area contributed by atoms with Crippen molar-refractivity contribution in [3.05, 3.63) is 59.7 Å². The third-order valence-corrected chi connectivity index (χ3v) is 2.91. The summed E-state index contributed by atoms with van der Waals surface area (Å²) in [5, 5.41) is 8.48.